The number of rotatable bonds is 4. The van der Waals surface area contributed by atoms with Crippen molar-refractivity contribution in [3.05, 3.63) is 39.1 Å². The zero-order valence-corrected chi connectivity index (χ0v) is 15.0. The molecule has 3 heterocycles. The van der Waals surface area contributed by atoms with E-state index in [0.717, 1.165) is 19.5 Å². The van der Waals surface area contributed by atoms with Gasteiger partial charge in [0.2, 0.25) is 0 Å². The predicted molar refractivity (Wildman–Crippen MR) is 92.9 cm³/mol. The molecule has 0 bridgehead atoms. The third-order valence-electron chi connectivity index (χ3n) is 4.46. The maximum Gasteiger partial charge on any atom is 0.267 e. The number of carbonyl (C=O) groups is 1. The van der Waals surface area contributed by atoms with Gasteiger partial charge in [-0.25, -0.2) is 4.98 Å². The lowest BCUT2D eigenvalue weighted by molar-refractivity contribution is 0.0952. The number of carbonyl (C=O) groups excluding carboxylic acids is 1. The Kier molecular flexibility index (Phi) is 5.04. The van der Waals surface area contributed by atoms with Gasteiger partial charge in [-0.15, -0.1) is 11.3 Å². The SMILES string of the molecule is CNC(=O)c1ccc([C@H]2CCCCN2Cc2cnc(Cl)s2)n1C. The van der Waals surface area contributed by atoms with Crippen molar-refractivity contribution in [2.75, 3.05) is 13.6 Å². The van der Waals surface area contributed by atoms with Gasteiger partial charge < -0.3 is 9.88 Å². The highest BCUT2D eigenvalue weighted by Gasteiger charge is 2.27. The molecule has 2 aromatic rings. The van der Waals surface area contributed by atoms with Crippen LogP contribution in [0.2, 0.25) is 4.47 Å². The fraction of sp³-hybridized carbons (Fsp3) is 0.500. The Bertz CT molecular complexity index is 696. The van der Waals surface area contributed by atoms with Crippen molar-refractivity contribution in [1.29, 1.82) is 0 Å². The summed E-state index contributed by atoms with van der Waals surface area (Å²) < 4.78 is 2.61. The Morgan fingerprint density at radius 3 is 3.00 bits per heavy atom. The monoisotopic (exact) mass is 352 g/mol. The molecular weight excluding hydrogens is 332 g/mol. The molecule has 7 heteroatoms. The van der Waals surface area contributed by atoms with Crippen LogP contribution in [0.1, 0.15) is 46.4 Å². The van der Waals surface area contributed by atoms with Crippen LogP contribution < -0.4 is 5.32 Å². The minimum absolute atomic E-state index is 0.0460. The number of thiazole rings is 1. The second-order valence-corrected chi connectivity index (χ2v) is 7.54. The van der Waals surface area contributed by atoms with E-state index in [1.54, 1.807) is 7.05 Å². The molecule has 124 valence electrons. The number of aromatic nitrogens is 2. The molecule has 1 amide bonds. The van der Waals surface area contributed by atoms with Crippen LogP contribution in [0.3, 0.4) is 0 Å². The summed E-state index contributed by atoms with van der Waals surface area (Å²) in [6.45, 7) is 1.91. The average Bonchev–Trinajstić information content (AvgIpc) is 3.13. The van der Waals surface area contributed by atoms with Crippen LogP contribution in [-0.2, 0) is 13.6 Å². The molecule has 0 saturated carbocycles. The van der Waals surface area contributed by atoms with Crippen LogP contribution >= 0.6 is 22.9 Å². The predicted octanol–water partition coefficient (Wildman–Crippen LogP) is 3.22. The highest BCUT2D eigenvalue weighted by atomic mass is 35.5. The average molecular weight is 353 g/mol. The third-order valence-corrected chi connectivity index (χ3v) is 5.56. The van der Waals surface area contributed by atoms with Crippen molar-refractivity contribution in [1.82, 2.24) is 19.8 Å². The lowest BCUT2D eigenvalue weighted by atomic mass is 9.99. The van der Waals surface area contributed by atoms with Crippen molar-refractivity contribution in [3.63, 3.8) is 0 Å². The lowest BCUT2D eigenvalue weighted by Gasteiger charge is -2.35. The summed E-state index contributed by atoms with van der Waals surface area (Å²) in [5.41, 5.74) is 1.90. The summed E-state index contributed by atoms with van der Waals surface area (Å²) >= 11 is 7.49. The Labute approximate surface area is 145 Å². The first kappa shape index (κ1) is 16.5. The number of piperidine rings is 1. The Balaban J connectivity index is 1.84. The van der Waals surface area contributed by atoms with Crippen molar-refractivity contribution in [2.45, 2.75) is 31.8 Å². The van der Waals surface area contributed by atoms with Gasteiger partial charge in [0.05, 0.1) is 6.04 Å². The van der Waals surface area contributed by atoms with E-state index in [4.69, 9.17) is 11.6 Å². The van der Waals surface area contributed by atoms with Gasteiger partial charge in [-0.05, 0) is 31.5 Å². The van der Waals surface area contributed by atoms with E-state index in [1.807, 2.05) is 23.9 Å². The molecule has 2 aromatic heterocycles. The minimum Gasteiger partial charge on any atom is -0.354 e. The standard InChI is InChI=1S/C16H21ClN4OS/c1-18-15(22)14-7-6-12(20(14)2)13-5-3-4-8-21(13)10-11-9-19-16(17)23-11/h6-7,9,13H,3-5,8,10H2,1-2H3,(H,18,22)/t13-/m1/s1. The molecular formula is C16H21ClN4OS. The first-order valence-corrected chi connectivity index (χ1v) is 9.01. The molecule has 0 aliphatic carbocycles. The summed E-state index contributed by atoms with van der Waals surface area (Å²) in [7, 11) is 3.63. The van der Waals surface area contributed by atoms with Crippen LogP contribution in [0.15, 0.2) is 18.3 Å². The first-order chi connectivity index (χ1) is 11.1. The number of likely N-dealkylation sites (tertiary alicyclic amines) is 1. The highest BCUT2D eigenvalue weighted by molar-refractivity contribution is 7.15. The van der Waals surface area contributed by atoms with Crippen LogP contribution in [-0.4, -0.2) is 34.0 Å². The van der Waals surface area contributed by atoms with Gasteiger partial charge in [-0.1, -0.05) is 18.0 Å². The van der Waals surface area contributed by atoms with E-state index in [9.17, 15) is 4.79 Å². The van der Waals surface area contributed by atoms with Crippen LogP contribution in [0.25, 0.3) is 0 Å². The van der Waals surface area contributed by atoms with Crippen LogP contribution in [0.5, 0.6) is 0 Å². The lowest BCUT2D eigenvalue weighted by Crippen LogP contribution is -2.34. The summed E-state index contributed by atoms with van der Waals surface area (Å²) in [5.74, 6) is -0.0460. The summed E-state index contributed by atoms with van der Waals surface area (Å²) in [4.78, 5) is 19.7. The van der Waals surface area contributed by atoms with Gasteiger partial charge >= 0.3 is 0 Å². The van der Waals surface area contributed by atoms with Crippen LogP contribution in [0.4, 0.5) is 0 Å². The molecule has 0 unspecified atom stereocenters. The van der Waals surface area contributed by atoms with Crippen molar-refractivity contribution in [2.24, 2.45) is 7.05 Å². The van der Waals surface area contributed by atoms with Crippen molar-refractivity contribution in [3.8, 4) is 0 Å². The number of halogens is 1. The summed E-state index contributed by atoms with van der Waals surface area (Å²) in [5, 5.41) is 2.70. The second-order valence-electron chi connectivity index (χ2n) is 5.84. The van der Waals surface area contributed by atoms with E-state index in [2.05, 4.69) is 21.3 Å². The van der Waals surface area contributed by atoms with Gasteiger partial charge in [0.15, 0.2) is 4.47 Å². The molecule has 0 spiro atoms. The molecule has 0 radical (unpaired) electrons. The summed E-state index contributed by atoms with van der Waals surface area (Å²) in [6, 6.07) is 4.31. The molecule has 23 heavy (non-hydrogen) atoms. The molecule has 1 saturated heterocycles. The number of amides is 1. The minimum atomic E-state index is -0.0460. The van der Waals surface area contributed by atoms with E-state index in [0.29, 0.717) is 16.2 Å². The molecule has 1 fully saturated rings. The van der Waals surface area contributed by atoms with E-state index in [1.165, 1.54) is 34.7 Å². The maximum atomic E-state index is 11.9. The van der Waals surface area contributed by atoms with Crippen molar-refractivity contribution >= 4 is 28.8 Å². The molecule has 0 aromatic carbocycles. The summed E-state index contributed by atoms with van der Waals surface area (Å²) in [6.07, 6.45) is 5.39. The van der Waals surface area contributed by atoms with Gasteiger partial charge in [-0.3, -0.25) is 9.69 Å². The molecule has 3 rings (SSSR count). The molecule has 1 aliphatic rings. The highest BCUT2D eigenvalue weighted by Crippen LogP contribution is 2.34. The number of hydrogen-bond acceptors (Lipinski definition) is 4. The van der Waals surface area contributed by atoms with Gasteiger partial charge in [0.25, 0.3) is 5.91 Å². The molecule has 1 N–H and O–H groups in total. The van der Waals surface area contributed by atoms with Crippen LogP contribution in [0, 0.1) is 0 Å². The fourth-order valence-electron chi connectivity index (χ4n) is 3.29. The zero-order chi connectivity index (χ0) is 16.4. The number of hydrogen-bond donors (Lipinski definition) is 1. The Hall–Kier alpha value is -1.37. The zero-order valence-electron chi connectivity index (χ0n) is 13.4. The van der Waals surface area contributed by atoms with Gasteiger partial charge in [-0.2, -0.15) is 0 Å². The van der Waals surface area contributed by atoms with Gasteiger partial charge in [0, 0.05) is 37.4 Å². The quantitative estimate of drug-likeness (QED) is 0.919. The molecule has 1 atom stereocenters. The third kappa shape index (κ3) is 3.44. The van der Waals surface area contributed by atoms with E-state index >= 15 is 0 Å². The number of nitrogens with zero attached hydrogens (tertiary/aromatic N) is 3. The molecule has 1 aliphatic heterocycles. The number of nitrogens with one attached hydrogen (secondary N) is 1. The van der Waals surface area contributed by atoms with Crippen molar-refractivity contribution < 1.29 is 4.79 Å². The van der Waals surface area contributed by atoms with Gasteiger partial charge in [0.1, 0.15) is 5.69 Å². The largest absolute Gasteiger partial charge is 0.354 e. The maximum absolute atomic E-state index is 11.9. The normalized spacial score (nSPS) is 19.0. The Morgan fingerprint density at radius 1 is 1.48 bits per heavy atom. The topological polar surface area (TPSA) is 50.2 Å². The Morgan fingerprint density at radius 2 is 2.30 bits per heavy atom. The van der Waals surface area contributed by atoms with E-state index < -0.39 is 0 Å². The van der Waals surface area contributed by atoms with E-state index in [-0.39, 0.29) is 5.91 Å². The fourth-order valence-corrected chi connectivity index (χ4v) is 4.29. The second kappa shape index (κ2) is 7.03. The smallest absolute Gasteiger partial charge is 0.267 e. The first-order valence-electron chi connectivity index (χ1n) is 7.82. The molecule has 5 nitrogen and oxygen atoms in total.